The molecule has 0 spiro atoms. The van der Waals surface area contributed by atoms with Gasteiger partial charge in [0.1, 0.15) is 0 Å². The predicted octanol–water partition coefficient (Wildman–Crippen LogP) is 3.48. The summed E-state index contributed by atoms with van der Waals surface area (Å²) in [7, 11) is 0. The monoisotopic (exact) mass is 253 g/mol. The molecule has 3 heteroatoms. The molecule has 1 aromatic rings. The zero-order valence-corrected chi connectivity index (χ0v) is 9.78. The molecule has 0 amide bonds. The highest BCUT2D eigenvalue weighted by Crippen LogP contribution is 2.27. The van der Waals surface area contributed by atoms with E-state index in [1.807, 2.05) is 38.1 Å². The van der Waals surface area contributed by atoms with Crippen LogP contribution in [0.15, 0.2) is 33.7 Å². The van der Waals surface area contributed by atoms with Crippen LogP contribution in [-0.2, 0) is 4.79 Å². The van der Waals surface area contributed by atoms with Crippen LogP contribution in [0.3, 0.4) is 0 Å². The fourth-order valence-corrected chi connectivity index (χ4v) is 1.77. The minimum atomic E-state index is -0.0926. The smallest absolute Gasteiger partial charge is 0.211 e. The highest BCUT2D eigenvalue weighted by molar-refractivity contribution is 9.10. The summed E-state index contributed by atoms with van der Waals surface area (Å²) in [4.78, 5) is 14.1. The molecule has 0 N–H and O–H groups in total. The molecule has 1 rings (SSSR count). The molecule has 0 saturated heterocycles. The number of carbonyl (C=O) groups excluding carboxylic acids is 1. The van der Waals surface area contributed by atoms with Crippen molar-refractivity contribution in [2.24, 2.45) is 10.9 Å². The largest absolute Gasteiger partial charge is 0.235 e. The molecule has 1 aromatic carbocycles. The molecule has 0 aliphatic carbocycles. The van der Waals surface area contributed by atoms with Crippen molar-refractivity contribution in [1.29, 1.82) is 0 Å². The first-order valence-corrected chi connectivity index (χ1v) is 5.27. The van der Waals surface area contributed by atoms with Gasteiger partial charge >= 0.3 is 0 Å². The highest BCUT2D eigenvalue weighted by atomic mass is 79.9. The van der Waals surface area contributed by atoms with E-state index in [-0.39, 0.29) is 6.04 Å². The summed E-state index contributed by atoms with van der Waals surface area (Å²) in [6, 6.07) is 7.74. The second-order valence-electron chi connectivity index (χ2n) is 3.46. The van der Waals surface area contributed by atoms with E-state index < -0.39 is 0 Å². The minimum Gasteiger partial charge on any atom is -0.211 e. The van der Waals surface area contributed by atoms with Gasteiger partial charge in [-0.3, -0.25) is 0 Å². The SMILES string of the molecule is CC(C)C(N=C=O)c1cccc(Br)c1. The van der Waals surface area contributed by atoms with Crippen molar-refractivity contribution < 1.29 is 4.79 Å². The fourth-order valence-electron chi connectivity index (χ4n) is 1.36. The van der Waals surface area contributed by atoms with Gasteiger partial charge in [-0.15, -0.1) is 0 Å². The van der Waals surface area contributed by atoms with Crippen LogP contribution in [0.1, 0.15) is 25.5 Å². The van der Waals surface area contributed by atoms with Gasteiger partial charge in [0.05, 0.1) is 6.04 Å². The van der Waals surface area contributed by atoms with Crippen molar-refractivity contribution >= 4 is 22.0 Å². The minimum absolute atomic E-state index is 0.0926. The summed E-state index contributed by atoms with van der Waals surface area (Å²) in [6.07, 6.45) is 1.63. The molecular formula is C11H12BrNO. The normalized spacial score (nSPS) is 12.3. The number of nitrogens with zero attached hydrogens (tertiary/aromatic N) is 1. The number of halogens is 1. The van der Waals surface area contributed by atoms with Gasteiger partial charge in [0.2, 0.25) is 6.08 Å². The number of benzene rings is 1. The lowest BCUT2D eigenvalue weighted by molar-refractivity contribution is 0.502. The first kappa shape index (κ1) is 11.2. The Balaban J connectivity index is 3.04. The lowest BCUT2D eigenvalue weighted by Crippen LogP contribution is -2.03. The maximum Gasteiger partial charge on any atom is 0.235 e. The lowest BCUT2D eigenvalue weighted by atomic mass is 9.97. The van der Waals surface area contributed by atoms with E-state index in [0.717, 1.165) is 10.0 Å². The fraction of sp³-hybridized carbons (Fsp3) is 0.364. The second-order valence-corrected chi connectivity index (χ2v) is 4.38. The third-order valence-corrected chi connectivity index (χ3v) is 2.51. The Hall–Kier alpha value is -0.920. The van der Waals surface area contributed by atoms with E-state index in [9.17, 15) is 4.79 Å². The standard InChI is InChI=1S/C11H12BrNO/c1-8(2)11(13-7-14)9-4-3-5-10(12)6-9/h3-6,8,11H,1-2H3. The first-order valence-electron chi connectivity index (χ1n) is 4.47. The molecular weight excluding hydrogens is 242 g/mol. The van der Waals surface area contributed by atoms with Gasteiger partial charge in [0.15, 0.2) is 0 Å². The quantitative estimate of drug-likeness (QED) is 0.599. The van der Waals surface area contributed by atoms with Crippen molar-refractivity contribution in [2.75, 3.05) is 0 Å². The van der Waals surface area contributed by atoms with Crippen LogP contribution in [0.4, 0.5) is 0 Å². The van der Waals surface area contributed by atoms with Gasteiger partial charge < -0.3 is 0 Å². The molecule has 0 aliphatic rings. The number of hydrogen-bond donors (Lipinski definition) is 0. The molecule has 0 aromatic heterocycles. The van der Waals surface area contributed by atoms with Crippen molar-refractivity contribution in [2.45, 2.75) is 19.9 Å². The predicted molar refractivity (Wildman–Crippen MR) is 59.8 cm³/mol. The Morgan fingerprint density at radius 1 is 1.43 bits per heavy atom. The molecule has 2 nitrogen and oxygen atoms in total. The molecule has 1 unspecified atom stereocenters. The lowest BCUT2D eigenvalue weighted by Gasteiger charge is -2.14. The second kappa shape index (κ2) is 5.08. The number of rotatable bonds is 3. The van der Waals surface area contributed by atoms with E-state index in [2.05, 4.69) is 20.9 Å². The Labute approximate surface area is 92.2 Å². The van der Waals surface area contributed by atoms with Crippen LogP contribution < -0.4 is 0 Å². The van der Waals surface area contributed by atoms with E-state index in [4.69, 9.17) is 0 Å². The molecule has 14 heavy (non-hydrogen) atoms. The topological polar surface area (TPSA) is 29.4 Å². The van der Waals surface area contributed by atoms with Gasteiger partial charge in [0, 0.05) is 4.47 Å². The van der Waals surface area contributed by atoms with Crippen molar-refractivity contribution in [1.82, 2.24) is 0 Å². The van der Waals surface area contributed by atoms with E-state index in [0.29, 0.717) is 5.92 Å². The third-order valence-electron chi connectivity index (χ3n) is 2.01. The zero-order valence-electron chi connectivity index (χ0n) is 8.20. The first-order chi connectivity index (χ1) is 6.65. The van der Waals surface area contributed by atoms with Crippen molar-refractivity contribution in [3.8, 4) is 0 Å². The summed E-state index contributed by atoms with van der Waals surface area (Å²) in [5.41, 5.74) is 1.04. The average molecular weight is 254 g/mol. The Morgan fingerprint density at radius 3 is 2.64 bits per heavy atom. The molecule has 0 heterocycles. The Morgan fingerprint density at radius 2 is 2.14 bits per heavy atom. The van der Waals surface area contributed by atoms with Crippen LogP contribution in [0, 0.1) is 5.92 Å². The van der Waals surface area contributed by atoms with Gasteiger partial charge in [-0.2, -0.15) is 4.99 Å². The number of isocyanates is 1. The van der Waals surface area contributed by atoms with Gasteiger partial charge in [0.25, 0.3) is 0 Å². The molecule has 0 aliphatic heterocycles. The van der Waals surface area contributed by atoms with E-state index >= 15 is 0 Å². The maximum absolute atomic E-state index is 10.3. The summed E-state index contributed by atoms with van der Waals surface area (Å²) in [5.74, 6) is 0.297. The van der Waals surface area contributed by atoms with Crippen molar-refractivity contribution in [3.63, 3.8) is 0 Å². The van der Waals surface area contributed by atoms with Gasteiger partial charge in [-0.25, -0.2) is 4.79 Å². The molecule has 1 atom stereocenters. The van der Waals surface area contributed by atoms with Crippen LogP contribution in [0.5, 0.6) is 0 Å². The van der Waals surface area contributed by atoms with Crippen molar-refractivity contribution in [3.05, 3.63) is 34.3 Å². The zero-order chi connectivity index (χ0) is 10.6. The summed E-state index contributed by atoms with van der Waals surface area (Å²) >= 11 is 3.39. The summed E-state index contributed by atoms with van der Waals surface area (Å²) < 4.78 is 1.00. The van der Waals surface area contributed by atoms with E-state index in [1.54, 1.807) is 6.08 Å². The van der Waals surface area contributed by atoms with Gasteiger partial charge in [-0.05, 0) is 23.6 Å². The van der Waals surface area contributed by atoms with Crippen LogP contribution in [0.2, 0.25) is 0 Å². The average Bonchev–Trinajstić information content (AvgIpc) is 2.13. The van der Waals surface area contributed by atoms with Crippen LogP contribution >= 0.6 is 15.9 Å². The maximum atomic E-state index is 10.3. The molecule has 0 bridgehead atoms. The highest BCUT2D eigenvalue weighted by Gasteiger charge is 2.14. The molecule has 0 saturated carbocycles. The molecule has 74 valence electrons. The van der Waals surface area contributed by atoms with Gasteiger partial charge in [-0.1, -0.05) is 41.9 Å². The Bertz CT molecular complexity index is 356. The Kier molecular flexibility index (Phi) is 4.05. The van der Waals surface area contributed by atoms with Crippen LogP contribution in [-0.4, -0.2) is 6.08 Å². The summed E-state index contributed by atoms with van der Waals surface area (Å²) in [6.45, 7) is 4.07. The molecule has 0 fully saturated rings. The summed E-state index contributed by atoms with van der Waals surface area (Å²) in [5, 5.41) is 0. The van der Waals surface area contributed by atoms with Crippen LogP contribution in [0.25, 0.3) is 0 Å². The van der Waals surface area contributed by atoms with E-state index in [1.165, 1.54) is 0 Å². The number of aliphatic imine (C=N–C) groups is 1. The third kappa shape index (κ3) is 2.79. The number of hydrogen-bond acceptors (Lipinski definition) is 2. The molecule has 0 radical (unpaired) electrons.